The molecule has 8 rings (SSSR count). The molecule has 282 valence electrons. The molecule has 0 fully saturated rings. The van der Waals surface area contributed by atoms with Crippen LogP contribution in [0.15, 0.2) is 115 Å². The van der Waals surface area contributed by atoms with Crippen LogP contribution in [0.5, 0.6) is 0 Å². The summed E-state index contributed by atoms with van der Waals surface area (Å²) >= 11 is 0. The molecule has 0 aliphatic rings. The third-order valence-electron chi connectivity index (χ3n) is 9.66. The molecule has 2 heterocycles. The first-order chi connectivity index (χ1) is 26.3. The first-order valence-electron chi connectivity index (χ1n) is 16.4. The lowest BCUT2D eigenvalue weighted by molar-refractivity contribution is -0.143. The fourth-order valence-electron chi connectivity index (χ4n) is 7.25. The molecule has 8 aromatic rings. The zero-order valence-corrected chi connectivity index (χ0v) is 27.8. The van der Waals surface area contributed by atoms with E-state index in [2.05, 4.69) is 0 Å². The summed E-state index contributed by atoms with van der Waals surface area (Å²) in [6.45, 7) is 0. The average Bonchev–Trinajstić information content (AvgIpc) is 3.64. The molecule has 0 bridgehead atoms. The summed E-state index contributed by atoms with van der Waals surface area (Å²) in [7, 11) is 0. The summed E-state index contributed by atoms with van der Waals surface area (Å²) in [4.78, 5) is 0. The molecule has 0 amide bonds. The van der Waals surface area contributed by atoms with Crippen molar-refractivity contribution in [1.29, 1.82) is 5.26 Å². The number of fused-ring (bicyclic) bond motifs is 6. The Bertz CT molecular complexity index is 2930. The smallest absolute Gasteiger partial charge is 0.307 e. The highest BCUT2D eigenvalue weighted by molar-refractivity contribution is 6.12. The molecule has 2 aromatic heterocycles. The third kappa shape index (κ3) is 5.87. The van der Waals surface area contributed by atoms with E-state index < -0.39 is 63.6 Å². The number of hydrogen-bond donors (Lipinski definition) is 0. The van der Waals surface area contributed by atoms with Gasteiger partial charge in [-0.1, -0.05) is 54.6 Å². The van der Waals surface area contributed by atoms with Gasteiger partial charge in [0.15, 0.2) is 0 Å². The summed E-state index contributed by atoms with van der Waals surface area (Å²) in [5.74, 6) is 0. The molecule has 0 saturated heterocycles. The van der Waals surface area contributed by atoms with Gasteiger partial charge in [0.25, 0.3) is 0 Å². The molecule has 3 nitrogen and oxygen atoms in total. The van der Waals surface area contributed by atoms with Crippen molar-refractivity contribution in [2.45, 2.75) is 24.7 Å². The zero-order valence-electron chi connectivity index (χ0n) is 27.8. The van der Waals surface area contributed by atoms with E-state index in [4.69, 9.17) is 0 Å². The quantitative estimate of drug-likeness (QED) is 0.164. The number of aromatic nitrogens is 2. The van der Waals surface area contributed by atoms with Crippen LogP contribution in [0.1, 0.15) is 27.8 Å². The van der Waals surface area contributed by atoms with Gasteiger partial charge in [-0.25, -0.2) is 0 Å². The van der Waals surface area contributed by atoms with E-state index in [9.17, 15) is 57.9 Å². The molecule has 15 heteroatoms. The number of nitrogens with zero attached hydrogens (tertiary/aromatic N) is 3. The van der Waals surface area contributed by atoms with Gasteiger partial charge in [-0.2, -0.15) is 57.9 Å². The number of rotatable bonds is 3. The fraction of sp³-hybridized carbons (Fsp3) is 0.0976. The maximum atomic E-state index is 14.6. The number of nitriles is 1. The minimum atomic E-state index is -5.39. The van der Waals surface area contributed by atoms with Crippen LogP contribution >= 0.6 is 0 Å². The minimum Gasteiger partial charge on any atom is -0.307 e. The summed E-state index contributed by atoms with van der Waals surface area (Å²) < 4.78 is 173. The molecule has 0 atom stereocenters. The second-order valence-electron chi connectivity index (χ2n) is 12.9. The number of alkyl halides is 12. The summed E-state index contributed by atoms with van der Waals surface area (Å²) in [5.41, 5.74) is -7.49. The number of halogens is 12. The van der Waals surface area contributed by atoms with Gasteiger partial charge in [0.1, 0.15) is 0 Å². The third-order valence-corrected chi connectivity index (χ3v) is 9.66. The number of benzene rings is 6. The fourth-order valence-corrected chi connectivity index (χ4v) is 7.25. The van der Waals surface area contributed by atoms with Gasteiger partial charge in [-0.05, 0) is 66.2 Å². The lowest BCUT2D eigenvalue weighted by Gasteiger charge is -2.21. The van der Waals surface area contributed by atoms with Crippen LogP contribution in [0.2, 0.25) is 0 Å². The standard InChI is InChI=1S/C41H19F12N3/c42-38(43,44)22-9-12-25(31(16-22)41(51,52)53)30-19-37(56-33-8-4-2-6-27(33)29-14-11-24(18-35(29)56)40(48,49)50)36(15-21(30)20-54)55-32-7-3-1-5-26(32)28-13-10-23(17-34(28)55)39(45,46)47/h1-19H. The molecule has 6 aromatic carbocycles. The van der Waals surface area contributed by atoms with Gasteiger partial charge in [-0.3, -0.25) is 0 Å². The van der Waals surface area contributed by atoms with Crippen molar-refractivity contribution in [3.05, 3.63) is 143 Å². The van der Waals surface area contributed by atoms with Crippen molar-refractivity contribution in [1.82, 2.24) is 9.13 Å². The predicted octanol–water partition coefficient (Wildman–Crippen LogP) is 13.5. The van der Waals surface area contributed by atoms with Gasteiger partial charge >= 0.3 is 24.7 Å². The predicted molar refractivity (Wildman–Crippen MR) is 185 cm³/mol. The van der Waals surface area contributed by atoms with Gasteiger partial charge < -0.3 is 9.13 Å². The summed E-state index contributed by atoms with van der Waals surface area (Å²) in [6, 6.07) is 23.1. The Kier molecular flexibility index (Phi) is 8.02. The van der Waals surface area contributed by atoms with Crippen molar-refractivity contribution in [2.75, 3.05) is 0 Å². The van der Waals surface area contributed by atoms with E-state index in [0.717, 1.165) is 36.4 Å². The SMILES string of the molecule is N#Cc1cc(-n2c3ccccc3c3ccc(C(F)(F)F)cc32)c(-n2c3ccccc3c3ccc(C(F)(F)F)cc32)cc1-c1ccc(C(F)(F)F)cc1C(F)(F)F. The van der Waals surface area contributed by atoms with Crippen molar-refractivity contribution in [3.63, 3.8) is 0 Å². The zero-order chi connectivity index (χ0) is 40.1. The minimum absolute atomic E-state index is 0.0684. The Balaban J connectivity index is 1.59. The average molecular weight is 782 g/mol. The summed E-state index contributed by atoms with van der Waals surface area (Å²) in [6.07, 6.45) is -20.3. The maximum Gasteiger partial charge on any atom is 0.417 e. The van der Waals surface area contributed by atoms with Crippen molar-refractivity contribution in [3.8, 4) is 28.6 Å². The lowest BCUT2D eigenvalue weighted by atomic mass is 9.92. The molecule has 0 radical (unpaired) electrons. The molecule has 0 saturated carbocycles. The van der Waals surface area contributed by atoms with Crippen LogP contribution in [-0.2, 0) is 24.7 Å². The Morgan fingerprint density at radius 3 is 1.25 bits per heavy atom. The molecule has 0 aliphatic carbocycles. The Morgan fingerprint density at radius 2 is 0.804 bits per heavy atom. The van der Waals surface area contributed by atoms with E-state index in [1.54, 1.807) is 42.5 Å². The molecular weight excluding hydrogens is 762 g/mol. The molecule has 0 aliphatic heterocycles. The first-order valence-corrected chi connectivity index (χ1v) is 16.4. The highest BCUT2D eigenvalue weighted by Crippen LogP contribution is 2.46. The van der Waals surface area contributed by atoms with E-state index in [1.165, 1.54) is 33.4 Å². The van der Waals surface area contributed by atoms with E-state index in [0.29, 0.717) is 28.3 Å². The van der Waals surface area contributed by atoms with Crippen LogP contribution in [-0.4, -0.2) is 9.13 Å². The van der Waals surface area contributed by atoms with E-state index in [-0.39, 0.29) is 44.9 Å². The van der Waals surface area contributed by atoms with Crippen LogP contribution in [0, 0.1) is 11.3 Å². The van der Waals surface area contributed by atoms with Gasteiger partial charge in [0.05, 0.1) is 67.3 Å². The molecule has 56 heavy (non-hydrogen) atoms. The van der Waals surface area contributed by atoms with Crippen LogP contribution in [0.3, 0.4) is 0 Å². The highest BCUT2D eigenvalue weighted by atomic mass is 19.4. The van der Waals surface area contributed by atoms with Crippen molar-refractivity contribution in [2.24, 2.45) is 0 Å². The summed E-state index contributed by atoms with van der Waals surface area (Å²) in [5, 5.41) is 11.8. The molecular formula is C41H19F12N3. The van der Waals surface area contributed by atoms with Gasteiger partial charge in [-0.15, -0.1) is 0 Å². The second-order valence-corrected chi connectivity index (χ2v) is 12.9. The largest absolute Gasteiger partial charge is 0.417 e. The van der Waals surface area contributed by atoms with Gasteiger partial charge in [0, 0.05) is 27.1 Å². The Morgan fingerprint density at radius 1 is 0.393 bits per heavy atom. The first kappa shape index (κ1) is 36.5. The highest BCUT2D eigenvalue weighted by Gasteiger charge is 2.39. The van der Waals surface area contributed by atoms with Gasteiger partial charge in [0.2, 0.25) is 0 Å². The monoisotopic (exact) mass is 781 g/mol. The Labute approximate surface area is 306 Å². The van der Waals surface area contributed by atoms with Crippen LogP contribution < -0.4 is 0 Å². The van der Waals surface area contributed by atoms with E-state index >= 15 is 0 Å². The van der Waals surface area contributed by atoms with Crippen molar-refractivity contribution < 1.29 is 52.7 Å². The topological polar surface area (TPSA) is 33.6 Å². The number of hydrogen-bond acceptors (Lipinski definition) is 1. The molecule has 0 spiro atoms. The second kappa shape index (κ2) is 12.3. The Hall–Kier alpha value is -6.43. The maximum absolute atomic E-state index is 14.6. The van der Waals surface area contributed by atoms with Crippen LogP contribution in [0.25, 0.3) is 66.1 Å². The molecule has 0 unspecified atom stereocenters. The molecule has 0 N–H and O–H groups in total. The number of para-hydroxylation sites is 2. The van der Waals surface area contributed by atoms with Crippen LogP contribution in [0.4, 0.5) is 52.7 Å². The van der Waals surface area contributed by atoms with E-state index in [1.807, 2.05) is 0 Å². The van der Waals surface area contributed by atoms with Crippen molar-refractivity contribution >= 4 is 43.6 Å². The lowest BCUT2D eigenvalue weighted by Crippen LogP contribution is -2.13. The normalized spacial score (nSPS) is 13.0.